The SMILES string of the molecule is c1ccc(-c2ccc3oc4cc(-c5nc(-c6ccccc6)nc(-n6c7ccccc7c7c(-c8ccccc8)cccc76)n5)ccc4c3c2)cc1. The summed E-state index contributed by atoms with van der Waals surface area (Å²) in [5.41, 5.74) is 10.1. The lowest BCUT2D eigenvalue weighted by Crippen LogP contribution is -2.06. The highest BCUT2D eigenvalue weighted by Crippen LogP contribution is 2.39. The van der Waals surface area contributed by atoms with E-state index in [1.807, 2.05) is 42.5 Å². The fourth-order valence-electron chi connectivity index (χ4n) is 7.13. The van der Waals surface area contributed by atoms with Crippen LogP contribution >= 0.6 is 0 Å². The fourth-order valence-corrected chi connectivity index (χ4v) is 7.13. The maximum Gasteiger partial charge on any atom is 0.238 e. The second-order valence-corrected chi connectivity index (χ2v) is 12.5. The predicted octanol–water partition coefficient (Wildman–Crippen LogP) is 11.5. The molecule has 0 aliphatic heterocycles. The Morgan fingerprint density at radius 3 is 1.80 bits per heavy atom. The monoisotopic (exact) mass is 640 g/mol. The summed E-state index contributed by atoms with van der Waals surface area (Å²) in [6.45, 7) is 0. The third-order valence-corrected chi connectivity index (χ3v) is 9.47. The molecule has 10 aromatic rings. The Hall–Kier alpha value is -6.85. The van der Waals surface area contributed by atoms with Crippen molar-refractivity contribution in [1.82, 2.24) is 19.5 Å². The molecule has 5 nitrogen and oxygen atoms in total. The number of para-hydroxylation sites is 1. The Labute approximate surface area is 287 Å². The lowest BCUT2D eigenvalue weighted by molar-refractivity contribution is 0.669. The van der Waals surface area contributed by atoms with Gasteiger partial charge in [0.15, 0.2) is 11.6 Å². The van der Waals surface area contributed by atoms with Gasteiger partial charge in [0, 0.05) is 32.7 Å². The van der Waals surface area contributed by atoms with Gasteiger partial charge < -0.3 is 4.42 Å². The van der Waals surface area contributed by atoms with Crippen molar-refractivity contribution in [2.45, 2.75) is 0 Å². The molecule has 0 aliphatic rings. The molecule has 3 heterocycles. The van der Waals surface area contributed by atoms with Crippen molar-refractivity contribution in [3.63, 3.8) is 0 Å². The second-order valence-electron chi connectivity index (χ2n) is 12.5. The van der Waals surface area contributed by atoms with Gasteiger partial charge in [-0.25, -0.2) is 4.98 Å². The van der Waals surface area contributed by atoms with Crippen molar-refractivity contribution in [3.8, 4) is 51.0 Å². The van der Waals surface area contributed by atoms with Crippen molar-refractivity contribution in [1.29, 1.82) is 0 Å². The number of nitrogens with zero attached hydrogens (tertiary/aromatic N) is 4. The summed E-state index contributed by atoms with van der Waals surface area (Å²) in [7, 11) is 0. The lowest BCUT2D eigenvalue weighted by Gasteiger charge is -2.11. The van der Waals surface area contributed by atoms with Gasteiger partial charge in [-0.15, -0.1) is 0 Å². The number of fused-ring (bicyclic) bond motifs is 6. The van der Waals surface area contributed by atoms with Gasteiger partial charge in [0.25, 0.3) is 0 Å². The molecular formula is C45H28N4O. The van der Waals surface area contributed by atoms with Crippen LogP contribution in [-0.2, 0) is 0 Å². The van der Waals surface area contributed by atoms with Crippen LogP contribution in [0.2, 0.25) is 0 Å². The summed E-state index contributed by atoms with van der Waals surface area (Å²) in [4.78, 5) is 15.4. The zero-order chi connectivity index (χ0) is 33.0. The molecule has 0 aliphatic carbocycles. The molecule has 0 atom stereocenters. The minimum absolute atomic E-state index is 0.558. The number of benzene rings is 7. The Morgan fingerprint density at radius 2 is 1.02 bits per heavy atom. The average molecular weight is 641 g/mol. The first-order chi connectivity index (χ1) is 24.8. The van der Waals surface area contributed by atoms with Crippen molar-refractivity contribution < 1.29 is 4.42 Å². The zero-order valence-electron chi connectivity index (χ0n) is 26.9. The number of hydrogen-bond acceptors (Lipinski definition) is 4. The molecule has 50 heavy (non-hydrogen) atoms. The maximum absolute atomic E-state index is 6.42. The fraction of sp³-hybridized carbons (Fsp3) is 0. The van der Waals surface area contributed by atoms with E-state index < -0.39 is 0 Å². The topological polar surface area (TPSA) is 56.7 Å². The quantitative estimate of drug-likeness (QED) is 0.188. The molecule has 0 saturated carbocycles. The Morgan fingerprint density at radius 1 is 0.380 bits per heavy atom. The van der Waals surface area contributed by atoms with E-state index in [4.69, 9.17) is 19.4 Å². The van der Waals surface area contributed by atoms with Crippen LogP contribution in [-0.4, -0.2) is 19.5 Å². The normalized spacial score (nSPS) is 11.6. The van der Waals surface area contributed by atoms with Crippen molar-refractivity contribution in [2.24, 2.45) is 0 Å². The number of rotatable bonds is 5. The molecular weight excluding hydrogens is 613 g/mol. The van der Waals surface area contributed by atoms with E-state index in [9.17, 15) is 0 Å². The smallest absolute Gasteiger partial charge is 0.238 e. The van der Waals surface area contributed by atoms with Gasteiger partial charge in [-0.2, -0.15) is 9.97 Å². The molecule has 0 spiro atoms. The van der Waals surface area contributed by atoms with E-state index in [2.05, 4.69) is 132 Å². The summed E-state index contributed by atoms with van der Waals surface area (Å²) < 4.78 is 8.58. The molecule has 3 aromatic heterocycles. The highest BCUT2D eigenvalue weighted by molar-refractivity contribution is 6.15. The molecule has 7 aromatic carbocycles. The van der Waals surface area contributed by atoms with Crippen LogP contribution in [0.25, 0.3) is 94.7 Å². The lowest BCUT2D eigenvalue weighted by atomic mass is 9.99. The maximum atomic E-state index is 6.42. The molecule has 0 amide bonds. The van der Waals surface area contributed by atoms with Crippen LogP contribution in [0.3, 0.4) is 0 Å². The largest absolute Gasteiger partial charge is 0.456 e. The summed E-state index contributed by atoms with van der Waals surface area (Å²) in [6, 6.07) is 58.6. The predicted molar refractivity (Wildman–Crippen MR) is 203 cm³/mol. The minimum Gasteiger partial charge on any atom is -0.456 e. The molecule has 0 bridgehead atoms. The third-order valence-electron chi connectivity index (χ3n) is 9.47. The van der Waals surface area contributed by atoms with E-state index in [0.717, 1.165) is 66.0 Å². The van der Waals surface area contributed by atoms with E-state index in [1.54, 1.807) is 0 Å². The van der Waals surface area contributed by atoms with Gasteiger partial charge in [0.05, 0.1) is 11.0 Å². The Kier molecular flexibility index (Phi) is 6.42. The highest BCUT2D eigenvalue weighted by Gasteiger charge is 2.20. The summed E-state index contributed by atoms with van der Waals surface area (Å²) in [5, 5.41) is 4.43. The van der Waals surface area contributed by atoms with Gasteiger partial charge in [-0.1, -0.05) is 133 Å². The van der Waals surface area contributed by atoms with Crippen LogP contribution in [0.1, 0.15) is 0 Å². The van der Waals surface area contributed by atoms with Gasteiger partial charge >= 0.3 is 0 Å². The molecule has 0 saturated heterocycles. The average Bonchev–Trinajstić information content (AvgIpc) is 3.74. The summed E-state index contributed by atoms with van der Waals surface area (Å²) in [6.07, 6.45) is 0. The Balaban J connectivity index is 1.19. The molecule has 5 heteroatoms. The van der Waals surface area contributed by atoms with Crippen molar-refractivity contribution >= 4 is 43.7 Å². The third kappa shape index (κ3) is 4.60. The van der Waals surface area contributed by atoms with Crippen LogP contribution < -0.4 is 0 Å². The first kappa shape index (κ1) is 28.2. The first-order valence-corrected chi connectivity index (χ1v) is 16.7. The standard InChI is InChI=1S/C45H28N4O/c1-4-13-29(14-5-1)32-24-26-40-37(27-32)35-25-23-33(28-41(35)50-40)44-46-43(31-17-8-3-9-18-31)47-45(48-44)49-38-21-11-10-19-36(38)42-34(20-12-22-39(42)49)30-15-6-2-7-16-30/h1-28H. The van der Waals surface area contributed by atoms with Crippen LogP contribution in [0.5, 0.6) is 0 Å². The molecule has 10 rings (SSSR count). The Bertz CT molecular complexity index is 2860. The first-order valence-electron chi connectivity index (χ1n) is 16.7. The van der Waals surface area contributed by atoms with Crippen molar-refractivity contribution in [2.75, 3.05) is 0 Å². The summed E-state index contributed by atoms with van der Waals surface area (Å²) in [5.74, 6) is 1.74. The van der Waals surface area contributed by atoms with Crippen molar-refractivity contribution in [3.05, 3.63) is 170 Å². The molecule has 0 fully saturated rings. The van der Waals surface area contributed by atoms with E-state index in [0.29, 0.717) is 17.6 Å². The van der Waals surface area contributed by atoms with Gasteiger partial charge in [-0.05, 0) is 58.7 Å². The second kappa shape index (κ2) is 11.4. The van der Waals surface area contributed by atoms with E-state index in [1.165, 1.54) is 11.1 Å². The summed E-state index contributed by atoms with van der Waals surface area (Å²) >= 11 is 0. The minimum atomic E-state index is 0.558. The van der Waals surface area contributed by atoms with Crippen LogP contribution in [0.15, 0.2) is 174 Å². The van der Waals surface area contributed by atoms with Crippen LogP contribution in [0, 0.1) is 0 Å². The molecule has 234 valence electrons. The molecule has 0 unspecified atom stereocenters. The number of hydrogen-bond donors (Lipinski definition) is 0. The van der Waals surface area contributed by atoms with Gasteiger partial charge in [0.2, 0.25) is 5.95 Å². The van der Waals surface area contributed by atoms with Crippen LogP contribution in [0.4, 0.5) is 0 Å². The van der Waals surface area contributed by atoms with Gasteiger partial charge in [-0.3, -0.25) is 4.57 Å². The zero-order valence-corrected chi connectivity index (χ0v) is 26.9. The van der Waals surface area contributed by atoms with E-state index in [-0.39, 0.29) is 0 Å². The van der Waals surface area contributed by atoms with Gasteiger partial charge in [0.1, 0.15) is 11.2 Å². The number of furan rings is 1. The highest BCUT2D eigenvalue weighted by atomic mass is 16.3. The molecule has 0 N–H and O–H groups in total. The molecule has 0 radical (unpaired) electrons. The van der Waals surface area contributed by atoms with E-state index >= 15 is 0 Å². The number of aromatic nitrogens is 4.